The molecule has 112 valence electrons. The van der Waals surface area contributed by atoms with Crippen molar-refractivity contribution in [1.29, 1.82) is 0 Å². The lowest BCUT2D eigenvalue weighted by Gasteiger charge is -2.30. The van der Waals surface area contributed by atoms with Gasteiger partial charge in [0, 0.05) is 36.3 Å². The van der Waals surface area contributed by atoms with Gasteiger partial charge in [-0.2, -0.15) is 0 Å². The summed E-state index contributed by atoms with van der Waals surface area (Å²) in [5.74, 6) is 0. The second kappa shape index (κ2) is 6.87. The van der Waals surface area contributed by atoms with E-state index in [2.05, 4.69) is 36.9 Å². The van der Waals surface area contributed by atoms with Crippen molar-refractivity contribution in [2.75, 3.05) is 25.2 Å². The highest BCUT2D eigenvalue weighted by Gasteiger charge is 2.15. The van der Waals surface area contributed by atoms with Crippen molar-refractivity contribution in [1.82, 2.24) is 0 Å². The molecule has 0 aromatic heterocycles. The van der Waals surface area contributed by atoms with Crippen LogP contribution in [0.3, 0.4) is 0 Å². The monoisotopic (exact) mass is 302 g/mol. The van der Waals surface area contributed by atoms with Gasteiger partial charge >= 0.3 is 0 Å². The average Bonchev–Trinajstić information content (AvgIpc) is 2.47. The maximum absolute atomic E-state index is 5.84. The van der Waals surface area contributed by atoms with E-state index in [4.69, 9.17) is 22.7 Å². The van der Waals surface area contributed by atoms with Gasteiger partial charge in [-0.3, -0.25) is 0 Å². The standard InChI is InChI=1S/C17H22N2OS/c1-12(2)19(10-11-20-3)16-9-8-15(17(18)21)13-6-4-5-7-14(13)16/h4-9,12H,10-11H2,1-3H3,(H2,18,21). The van der Waals surface area contributed by atoms with Crippen molar-refractivity contribution in [3.8, 4) is 0 Å². The van der Waals surface area contributed by atoms with Crippen molar-refractivity contribution in [3.05, 3.63) is 42.0 Å². The number of hydrogen-bond acceptors (Lipinski definition) is 3. The largest absolute Gasteiger partial charge is 0.389 e. The van der Waals surface area contributed by atoms with Crippen LogP contribution in [0.5, 0.6) is 0 Å². The Morgan fingerprint density at radius 2 is 1.86 bits per heavy atom. The van der Waals surface area contributed by atoms with Gasteiger partial charge in [0.2, 0.25) is 0 Å². The van der Waals surface area contributed by atoms with Crippen molar-refractivity contribution >= 4 is 33.7 Å². The van der Waals surface area contributed by atoms with Crippen LogP contribution in [0, 0.1) is 0 Å². The summed E-state index contributed by atoms with van der Waals surface area (Å²) in [6.45, 7) is 5.92. The predicted molar refractivity (Wildman–Crippen MR) is 94.2 cm³/mol. The third kappa shape index (κ3) is 3.34. The van der Waals surface area contributed by atoms with Crippen LogP contribution in [0.2, 0.25) is 0 Å². The normalized spacial score (nSPS) is 11.0. The smallest absolute Gasteiger partial charge is 0.104 e. The Labute approximate surface area is 131 Å². The first-order valence-corrected chi connectivity index (χ1v) is 7.54. The van der Waals surface area contributed by atoms with Gasteiger partial charge in [0.15, 0.2) is 0 Å². The Morgan fingerprint density at radius 3 is 2.43 bits per heavy atom. The Morgan fingerprint density at radius 1 is 1.19 bits per heavy atom. The molecule has 0 spiro atoms. The van der Waals surface area contributed by atoms with Crippen LogP contribution >= 0.6 is 12.2 Å². The number of fused-ring (bicyclic) bond motifs is 1. The Kier molecular flexibility index (Phi) is 5.15. The topological polar surface area (TPSA) is 38.5 Å². The van der Waals surface area contributed by atoms with Crippen LogP contribution in [0.4, 0.5) is 5.69 Å². The molecule has 2 N–H and O–H groups in total. The quantitative estimate of drug-likeness (QED) is 0.831. The van der Waals surface area contributed by atoms with E-state index in [9.17, 15) is 0 Å². The van der Waals surface area contributed by atoms with Crippen molar-refractivity contribution in [2.24, 2.45) is 5.73 Å². The van der Waals surface area contributed by atoms with Gasteiger partial charge in [-0.05, 0) is 31.4 Å². The number of thiocarbonyl (C=S) groups is 1. The molecule has 0 saturated carbocycles. The number of hydrogen-bond donors (Lipinski definition) is 1. The lowest BCUT2D eigenvalue weighted by Crippen LogP contribution is -2.34. The van der Waals surface area contributed by atoms with Crippen LogP contribution in [-0.2, 0) is 4.74 Å². The minimum absolute atomic E-state index is 0.388. The molecule has 0 saturated heterocycles. The van der Waals surface area contributed by atoms with E-state index >= 15 is 0 Å². The highest BCUT2D eigenvalue weighted by Crippen LogP contribution is 2.30. The molecule has 0 atom stereocenters. The van der Waals surface area contributed by atoms with Gasteiger partial charge in [-0.25, -0.2) is 0 Å². The molecule has 2 rings (SSSR count). The summed E-state index contributed by atoms with van der Waals surface area (Å²) in [4.78, 5) is 2.78. The van der Waals surface area contributed by atoms with Crippen molar-refractivity contribution < 1.29 is 4.74 Å². The molecule has 0 bridgehead atoms. The Hall–Kier alpha value is -1.65. The van der Waals surface area contributed by atoms with Crippen molar-refractivity contribution in [3.63, 3.8) is 0 Å². The van der Waals surface area contributed by atoms with Crippen LogP contribution < -0.4 is 10.6 Å². The first kappa shape index (κ1) is 15.7. The number of nitrogens with two attached hydrogens (primary N) is 1. The van der Waals surface area contributed by atoms with Crippen LogP contribution in [0.25, 0.3) is 10.8 Å². The molecule has 3 nitrogen and oxygen atoms in total. The number of methoxy groups -OCH3 is 1. The zero-order valence-corrected chi connectivity index (χ0v) is 13.6. The van der Waals surface area contributed by atoms with E-state index < -0.39 is 0 Å². The minimum Gasteiger partial charge on any atom is -0.389 e. The number of anilines is 1. The van der Waals surface area contributed by atoms with Gasteiger partial charge in [-0.15, -0.1) is 0 Å². The second-order valence-electron chi connectivity index (χ2n) is 5.32. The van der Waals surface area contributed by atoms with Crippen LogP contribution in [0.1, 0.15) is 19.4 Å². The van der Waals surface area contributed by atoms with E-state index in [-0.39, 0.29) is 0 Å². The zero-order chi connectivity index (χ0) is 15.4. The third-order valence-corrected chi connectivity index (χ3v) is 3.86. The zero-order valence-electron chi connectivity index (χ0n) is 12.8. The van der Waals surface area contributed by atoms with E-state index in [0.717, 1.165) is 17.5 Å². The van der Waals surface area contributed by atoms with Gasteiger partial charge in [0.25, 0.3) is 0 Å². The third-order valence-electron chi connectivity index (χ3n) is 3.64. The summed E-state index contributed by atoms with van der Waals surface area (Å²) in [7, 11) is 1.73. The molecule has 2 aromatic rings. The SMILES string of the molecule is COCCN(c1ccc(C(N)=S)c2ccccc12)C(C)C. The molecule has 21 heavy (non-hydrogen) atoms. The molecule has 0 radical (unpaired) electrons. The average molecular weight is 302 g/mol. The first-order valence-electron chi connectivity index (χ1n) is 7.13. The van der Waals surface area contributed by atoms with Gasteiger partial charge in [0.05, 0.1) is 6.61 Å². The van der Waals surface area contributed by atoms with Gasteiger partial charge < -0.3 is 15.4 Å². The first-order chi connectivity index (χ1) is 10.1. The van der Waals surface area contributed by atoms with Crippen molar-refractivity contribution in [2.45, 2.75) is 19.9 Å². The minimum atomic E-state index is 0.388. The fourth-order valence-corrected chi connectivity index (χ4v) is 2.77. The molecular weight excluding hydrogens is 280 g/mol. The summed E-state index contributed by atoms with van der Waals surface area (Å²) in [5.41, 5.74) is 7.97. The molecule has 0 heterocycles. The number of benzene rings is 2. The molecule has 4 heteroatoms. The molecular formula is C17H22N2OS. The Bertz CT molecular complexity index is 640. The second-order valence-corrected chi connectivity index (χ2v) is 5.76. The number of nitrogens with zero attached hydrogens (tertiary/aromatic N) is 1. The number of ether oxygens (including phenoxy) is 1. The van der Waals surface area contributed by atoms with Gasteiger partial charge in [-0.1, -0.05) is 36.5 Å². The molecule has 0 fully saturated rings. The molecule has 0 aliphatic carbocycles. The predicted octanol–water partition coefficient (Wildman–Crippen LogP) is 3.34. The van der Waals surface area contributed by atoms with E-state index in [0.29, 0.717) is 17.6 Å². The fourth-order valence-electron chi connectivity index (χ4n) is 2.59. The molecule has 2 aromatic carbocycles. The maximum atomic E-state index is 5.84. The summed E-state index contributed by atoms with van der Waals surface area (Å²) >= 11 is 5.16. The molecule has 0 aliphatic rings. The van der Waals surface area contributed by atoms with E-state index in [1.807, 2.05) is 18.2 Å². The molecule has 0 aliphatic heterocycles. The Balaban J connectivity index is 2.58. The molecule has 0 amide bonds. The maximum Gasteiger partial charge on any atom is 0.104 e. The lowest BCUT2D eigenvalue weighted by atomic mass is 10.0. The van der Waals surface area contributed by atoms with Gasteiger partial charge in [0.1, 0.15) is 4.99 Å². The van der Waals surface area contributed by atoms with Crippen LogP contribution in [0.15, 0.2) is 36.4 Å². The highest BCUT2D eigenvalue weighted by atomic mass is 32.1. The number of rotatable bonds is 6. The fraction of sp³-hybridized carbons (Fsp3) is 0.353. The van der Waals surface area contributed by atoms with E-state index in [1.165, 1.54) is 11.1 Å². The lowest BCUT2D eigenvalue weighted by molar-refractivity contribution is 0.204. The summed E-state index contributed by atoms with van der Waals surface area (Å²) in [6.07, 6.45) is 0. The summed E-state index contributed by atoms with van der Waals surface area (Å²) < 4.78 is 5.24. The summed E-state index contributed by atoms with van der Waals surface area (Å²) in [6, 6.07) is 12.8. The van der Waals surface area contributed by atoms with E-state index in [1.54, 1.807) is 7.11 Å². The summed E-state index contributed by atoms with van der Waals surface area (Å²) in [5, 5.41) is 2.28. The highest BCUT2D eigenvalue weighted by molar-refractivity contribution is 7.80. The van der Waals surface area contributed by atoms with Crippen LogP contribution in [-0.4, -0.2) is 31.3 Å². The molecule has 0 unspecified atom stereocenters.